The number of rotatable bonds is 3. The van der Waals surface area contributed by atoms with E-state index in [9.17, 15) is 5.11 Å². The maximum atomic E-state index is 10.8. The van der Waals surface area contributed by atoms with Gasteiger partial charge in [0.05, 0.1) is 6.10 Å². The molecule has 5 aliphatic carbocycles. The molecule has 0 bridgehead atoms. The van der Waals surface area contributed by atoms with Gasteiger partial charge in [0.15, 0.2) is 8.32 Å². The van der Waals surface area contributed by atoms with E-state index in [1.165, 1.54) is 64.2 Å². The van der Waals surface area contributed by atoms with Crippen molar-refractivity contribution in [3.8, 4) is 0 Å². The highest BCUT2D eigenvalue weighted by Gasteiger charge is 2.68. The Morgan fingerprint density at radius 2 is 1.51 bits per heavy atom. The second kappa shape index (κ2) is 8.95. The second-order valence-corrected chi connectivity index (χ2v) is 23.7. The van der Waals surface area contributed by atoms with Crippen molar-refractivity contribution in [2.24, 2.45) is 50.2 Å². The van der Waals surface area contributed by atoms with Crippen molar-refractivity contribution in [2.75, 3.05) is 6.61 Å². The van der Waals surface area contributed by atoms with Crippen LogP contribution in [0.25, 0.3) is 0 Å². The van der Waals surface area contributed by atoms with Crippen molar-refractivity contribution < 1.29 is 9.53 Å². The number of hydrogen-bond donors (Lipinski definition) is 1. The molecule has 39 heavy (non-hydrogen) atoms. The lowest BCUT2D eigenvalue weighted by Gasteiger charge is -2.71. The van der Waals surface area contributed by atoms with Gasteiger partial charge in [-0.05, 0) is 127 Å². The fraction of sp³-hybridized carbons (Fsp3) is 0.944. The molecule has 4 unspecified atom stereocenters. The molecule has 0 saturated heterocycles. The van der Waals surface area contributed by atoms with Crippen molar-refractivity contribution >= 4 is 8.32 Å². The lowest BCUT2D eigenvalue weighted by Crippen LogP contribution is -2.65. The summed E-state index contributed by atoms with van der Waals surface area (Å²) in [6.07, 6.45) is 15.8. The quantitative estimate of drug-likeness (QED) is 0.277. The minimum absolute atomic E-state index is 0.131. The summed E-state index contributed by atoms with van der Waals surface area (Å²) in [5.74, 6) is 2.03. The van der Waals surface area contributed by atoms with Crippen LogP contribution in [-0.4, -0.2) is 26.1 Å². The van der Waals surface area contributed by atoms with Crippen LogP contribution in [0.4, 0.5) is 0 Å². The van der Waals surface area contributed by atoms with Crippen molar-refractivity contribution in [3.05, 3.63) is 11.6 Å². The average Bonchev–Trinajstić information content (AvgIpc) is 2.80. The molecule has 3 heteroatoms. The third-order valence-corrected chi connectivity index (χ3v) is 19.8. The largest absolute Gasteiger partial charge is 0.413 e. The Balaban J connectivity index is 1.49. The molecule has 0 spiro atoms. The predicted molar refractivity (Wildman–Crippen MR) is 168 cm³/mol. The number of fused-ring (bicyclic) bond motifs is 7. The van der Waals surface area contributed by atoms with E-state index in [-0.39, 0.29) is 21.3 Å². The SMILES string of the molecule is CC1(C)CC[C@]2(CO)CC[C@@]3(C)C(=CCC4[C@@]5(C)CCC(O[Si](C)(C)C(C)(C)C)C(C)(C)C5CC[C@]43C)C2C1. The predicted octanol–water partition coefficient (Wildman–Crippen LogP) is 10.2. The second-order valence-electron chi connectivity index (χ2n) is 19.0. The molecular weight excluding hydrogens is 492 g/mol. The summed E-state index contributed by atoms with van der Waals surface area (Å²) >= 11 is 0. The summed E-state index contributed by atoms with van der Waals surface area (Å²) in [6.45, 7) is 30.6. The smallest absolute Gasteiger partial charge is 0.192 e. The first-order chi connectivity index (χ1) is 17.7. The number of hydrogen-bond acceptors (Lipinski definition) is 2. The molecule has 2 nitrogen and oxygen atoms in total. The normalized spacial score (nSPS) is 47.3. The lowest BCUT2D eigenvalue weighted by molar-refractivity contribution is -0.202. The molecule has 0 aromatic carbocycles. The Bertz CT molecular complexity index is 1000. The van der Waals surface area contributed by atoms with Crippen LogP contribution < -0.4 is 0 Å². The van der Waals surface area contributed by atoms with E-state index in [2.05, 4.69) is 88.4 Å². The van der Waals surface area contributed by atoms with E-state index >= 15 is 0 Å². The fourth-order valence-corrected chi connectivity index (χ4v) is 12.8. The fourth-order valence-electron chi connectivity index (χ4n) is 11.4. The third kappa shape index (κ3) is 4.19. The van der Waals surface area contributed by atoms with Gasteiger partial charge in [-0.3, -0.25) is 0 Å². The van der Waals surface area contributed by atoms with E-state index in [4.69, 9.17) is 4.43 Å². The summed E-state index contributed by atoms with van der Waals surface area (Å²) in [5.41, 5.74) is 3.47. The maximum Gasteiger partial charge on any atom is 0.192 e. The van der Waals surface area contributed by atoms with Gasteiger partial charge in [0, 0.05) is 12.0 Å². The molecule has 0 aromatic rings. The highest BCUT2D eigenvalue weighted by Crippen LogP contribution is 2.75. The van der Waals surface area contributed by atoms with Crippen molar-refractivity contribution in [2.45, 2.75) is 158 Å². The number of allylic oxidation sites excluding steroid dienone is 2. The minimum atomic E-state index is -1.82. The summed E-state index contributed by atoms with van der Waals surface area (Å²) < 4.78 is 7.22. The summed E-state index contributed by atoms with van der Waals surface area (Å²) in [5, 5.41) is 11.0. The van der Waals surface area contributed by atoms with Crippen molar-refractivity contribution in [1.29, 1.82) is 0 Å². The first-order valence-corrected chi connectivity index (χ1v) is 19.6. The first-order valence-electron chi connectivity index (χ1n) is 16.7. The van der Waals surface area contributed by atoms with Crippen LogP contribution in [0.3, 0.4) is 0 Å². The Morgan fingerprint density at radius 1 is 0.872 bits per heavy atom. The molecule has 5 rings (SSSR count). The van der Waals surface area contributed by atoms with Gasteiger partial charge in [-0.2, -0.15) is 0 Å². The van der Waals surface area contributed by atoms with Gasteiger partial charge in [0.2, 0.25) is 0 Å². The van der Waals surface area contributed by atoms with Gasteiger partial charge in [0.1, 0.15) is 0 Å². The van der Waals surface area contributed by atoms with E-state index in [0.29, 0.717) is 34.9 Å². The number of aliphatic hydroxyl groups excluding tert-OH is 1. The van der Waals surface area contributed by atoms with E-state index < -0.39 is 8.32 Å². The maximum absolute atomic E-state index is 10.8. The molecule has 5 aliphatic rings. The Morgan fingerprint density at radius 3 is 2.13 bits per heavy atom. The molecule has 0 heterocycles. The molecule has 8 atom stereocenters. The number of aliphatic hydroxyl groups is 1. The van der Waals surface area contributed by atoms with Crippen LogP contribution >= 0.6 is 0 Å². The van der Waals surface area contributed by atoms with Crippen LogP contribution in [0.1, 0.15) is 133 Å². The standard InChI is InChI=1S/C36H64O2Si/c1-30(2,3)39(11,12)38-29-16-17-33(8)27(32(29,6)7)15-18-35(10)28(33)14-13-25-26-23-31(4,5)19-21-36(26,24-37)22-20-34(25,35)9/h13,26-29,37H,14-24H2,1-12H3/t26?,27?,28?,29?,33-,34-,35+,36+/m0/s1. The summed E-state index contributed by atoms with van der Waals surface area (Å²) in [4.78, 5) is 0. The molecule has 0 amide bonds. The van der Waals surface area contributed by atoms with E-state index in [0.717, 1.165) is 11.8 Å². The van der Waals surface area contributed by atoms with Gasteiger partial charge in [-0.15, -0.1) is 0 Å². The highest BCUT2D eigenvalue weighted by molar-refractivity contribution is 6.74. The summed E-state index contributed by atoms with van der Waals surface area (Å²) in [7, 11) is -1.82. The van der Waals surface area contributed by atoms with Crippen LogP contribution in [0.15, 0.2) is 11.6 Å². The third-order valence-electron chi connectivity index (χ3n) is 15.3. The molecule has 4 saturated carbocycles. The van der Waals surface area contributed by atoms with E-state index in [1.807, 2.05) is 0 Å². The van der Waals surface area contributed by atoms with Gasteiger partial charge in [-0.1, -0.05) is 80.9 Å². The summed E-state index contributed by atoms with van der Waals surface area (Å²) in [6, 6.07) is 0. The van der Waals surface area contributed by atoms with Gasteiger partial charge < -0.3 is 9.53 Å². The zero-order valence-electron chi connectivity index (χ0n) is 28.0. The van der Waals surface area contributed by atoms with E-state index in [1.54, 1.807) is 5.57 Å². The van der Waals surface area contributed by atoms with Crippen LogP contribution in [-0.2, 0) is 4.43 Å². The monoisotopic (exact) mass is 556 g/mol. The molecule has 0 aliphatic heterocycles. The van der Waals surface area contributed by atoms with Crippen LogP contribution in [0.2, 0.25) is 18.1 Å². The Hall–Kier alpha value is -0.123. The molecule has 4 fully saturated rings. The van der Waals surface area contributed by atoms with Crippen LogP contribution in [0.5, 0.6) is 0 Å². The molecule has 1 N–H and O–H groups in total. The molecule has 0 radical (unpaired) electrons. The first kappa shape index (κ1) is 30.3. The zero-order chi connectivity index (χ0) is 29.1. The highest BCUT2D eigenvalue weighted by atomic mass is 28.4. The van der Waals surface area contributed by atoms with Crippen LogP contribution in [0, 0.1) is 50.2 Å². The topological polar surface area (TPSA) is 29.5 Å². The van der Waals surface area contributed by atoms with Crippen molar-refractivity contribution in [3.63, 3.8) is 0 Å². The zero-order valence-corrected chi connectivity index (χ0v) is 29.0. The Kier molecular flexibility index (Phi) is 6.96. The molecular formula is C36H64O2Si. The van der Waals surface area contributed by atoms with Crippen molar-refractivity contribution in [1.82, 2.24) is 0 Å². The lowest BCUT2D eigenvalue weighted by atomic mass is 9.33. The van der Waals surface area contributed by atoms with Gasteiger partial charge in [0.25, 0.3) is 0 Å². The van der Waals surface area contributed by atoms with Gasteiger partial charge >= 0.3 is 0 Å². The van der Waals surface area contributed by atoms with Gasteiger partial charge in [-0.25, -0.2) is 0 Å². The molecule has 0 aromatic heterocycles. The Labute approximate surface area is 243 Å². The average molecular weight is 557 g/mol. The molecule has 224 valence electrons. The minimum Gasteiger partial charge on any atom is -0.413 e.